The third-order valence-electron chi connectivity index (χ3n) is 2.28. The number of rotatable bonds is 1. The van der Waals surface area contributed by atoms with Crippen LogP contribution in [0.1, 0.15) is 34.1 Å². The number of carbonyl (C=O) groups excluding carboxylic acids is 2. The first-order valence-electron chi connectivity index (χ1n) is 5.49. The Bertz CT molecular complexity index is 315. The molecule has 0 bridgehead atoms. The summed E-state index contributed by atoms with van der Waals surface area (Å²) in [6.45, 7) is 7.19. The van der Waals surface area contributed by atoms with Gasteiger partial charge in [-0.1, -0.05) is 19.1 Å². The standard InChI is InChI=1S/C12H19NO3/c1-8-6-5-7-9(10(8)14)13-11(15)16-12(2,3)4/h5-6,8-9H,7H2,1-4H3,(H,13,15). The Morgan fingerprint density at radius 1 is 1.50 bits per heavy atom. The molecule has 2 unspecified atom stereocenters. The zero-order valence-corrected chi connectivity index (χ0v) is 10.2. The van der Waals surface area contributed by atoms with Crippen molar-refractivity contribution in [3.8, 4) is 0 Å². The van der Waals surface area contributed by atoms with Crippen LogP contribution in [0.3, 0.4) is 0 Å². The number of ketones is 1. The second kappa shape index (κ2) is 4.68. The van der Waals surface area contributed by atoms with Crippen molar-refractivity contribution in [2.75, 3.05) is 0 Å². The number of carbonyl (C=O) groups is 2. The topological polar surface area (TPSA) is 55.4 Å². The maximum atomic E-state index is 11.7. The van der Waals surface area contributed by atoms with Gasteiger partial charge < -0.3 is 10.1 Å². The summed E-state index contributed by atoms with van der Waals surface area (Å²) in [5.41, 5.74) is -0.538. The molecule has 0 aromatic heterocycles. The van der Waals surface area contributed by atoms with E-state index in [1.807, 2.05) is 19.1 Å². The lowest BCUT2D eigenvalue weighted by Gasteiger charge is -2.25. The van der Waals surface area contributed by atoms with Crippen LogP contribution >= 0.6 is 0 Å². The van der Waals surface area contributed by atoms with E-state index in [4.69, 9.17) is 4.74 Å². The number of amides is 1. The van der Waals surface area contributed by atoms with E-state index in [9.17, 15) is 9.59 Å². The van der Waals surface area contributed by atoms with Crippen molar-refractivity contribution in [3.63, 3.8) is 0 Å². The maximum Gasteiger partial charge on any atom is 0.408 e. The predicted octanol–water partition coefficient (Wildman–Crippen LogP) is 2.04. The van der Waals surface area contributed by atoms with Gasteiger partial charge in [-0.2, -0.15) is 0 Å². The van der Waals surface area contributed by atoms with Crippen LogP contribution in [0.25, 0.3) is 0 Å². The molecule has 0 saturated heterocycles. The lowest BCUT2D eigenvalue weighted by atomic mass is 9.92. The molecule has 0 aromatic carbocycles. The third-order valence-corrected chi connectivity index (χ3v) is 2.28. The van der Waals surface area contributed by atoms with Gasteiger partial charge in [-0.25, -0.2) is 4.79 Å². The molecule has 16 heavy (non-hydrogen) atoms. The van der Waals surface area contributed by atoms with E-state index in [-0.39, 0.29) is 11.7 Å². The summed E-state index contributed by atoms with van der Waals surface area (Å²) in [6, 6.07) is -0.449. The summed E-state index contributed by atoms with van der Waals surface area (Å²) in [6.07, 6.45) is 3.78. The molecule has 0 saturated carbocycles. The number of alkyl carbamates (subject to hydrolysis) is 1. The summed E-state index contributed by atoms with van der Waals surface area (Å²) in [7, 11) is 0. The summed E-state index contributed by atoms with van der Waals surface area (Å²) in [5, 5.41) is 2.59. The second-order valence-corrected chi connectivity index (χ2v) is 5.05. The normalized spacial score (nSPS) is 25.4. The number of nitrogens with one attached hydrogen (secondary N) is 1. The third kappa shape index (κ3) is 3.68. The van der Waals surface area contributed by atoms with Crippen LogP contribution in [0, 0.1) is 5.92 Å². The van der Waals surface area contributed by atoms with Crippen LogP contribution in [0.15, 0.2) is 12.2 Å². The van der Waals surface area contributed by atoms with Gasteiger partial charge in [-0.15, -0.1) is 0 Å². The fourth-order valence-electron chi connectivity index (χ4n) is 1.53. The quantitative estimate of drug-likeness (QED) is 0.695. The number of ether oxygens (including phenoxy) is 1. The number of Topliss-reactive ketones (excluding diaryl/α,β-unsaturated/α-hetero) is 1. The largest absolute Gasteiger partial charge is 0.444 e. The van der Waals surface area contributed by atoms with Crippen molar-refractivity contribution in [1.82, 2.24) is 5.32 Å². The van der Waals surface area contributed by atoms with E-state index in [1.165, 1.54) is 0 Å². The molecule has 1 amide bonds. The molecule has 0 aromatic rings. The summed E-state index contributed by atoms with van der Waals surface area (Å²) in [5.74, 6) is -0.0953. The van der Waals surface area contributed by atoms with Crippen molar-refractivity contribution in [2.24, 2.45) is 5.92 Å². The van der Waals surface area contributed by atoms with Crippen molar-refractivity contribution >= 4 is 11.9 Å². The first-order chi connectivity index (χ1) is 7.29. The summed E-state index contributed by atoms with van der Waals surface area (Å²) >= 11 is 0. The van der Waals surface area contributed by atoms with Crippen LogP contribution in [0.2, 0.25) is 0 Å². The summed E-state index contributed by atoms with van der Waals surface area (Å²) in [4.78, 5) is 23.2. The molecule has 1 N–H and O–H groups in total. The molecule has 1 rings (SSSR count). The minimum absolute atomic E-state index is 0.0355. The van der Waals surface area contributed by atoms with E-state index in [0.717, 1.165) is 0 Å². The first kappa shape index (κ1) is 12.7. The van der Waals surface area contributed by atoms with Crippen LogP contribution in [-0.2, 0) is 9.53 Å². The Kier molecular flexibility index (Phi) is 3.73. The molecule has 4 heteroatoms. The molecule has 0 aliphatic heterocycles. The van der Waals surface area contributed by atoms with E-state index in [1.54, 1.807) is 20.8 Å². The molecule has 0 radical (unpaired) electrons. The second-order valence-electron chi connectivity index (χ2n) is 5.05. The van der Waals surface area contributed by atoms with Crippen LogP contribution < -0.4 is 5.32 Å². The molecule has 0 spiro atoms. The zero-order chi connectivity index (χ0) is 12.3. The fraction of sp³-hybridized carbons (Fsp3) is 0.667. The molecule has 90 valence electrons. The van der Waals surface area contributed by atoms with Gasteiger partial charge in [0, 0.05) is 5.92 Å². The Morgan fingerprint density at radius 3 is 2.69 bits per heavy atom. The monoisotopic (exact) mass is 225 g/mol. The molecule has 1 aliphatic carbocycles. The molecule has 4 nitrogen and oxygen atoms in total. The Labute approximate surface area is 96.0 Å². The zero-order valence-electron chi connectivity index (χ0n) is 10.2. The van der Waals surface area contributed by atoms with Crippen molar-refractivity contribution < 1.29 is 14.3 Å². The number of hydrogen-bond acceptors (Lipinski definition) is 3. The van der Waals surface area contributed by atoms with Crippen molar-refractivity contribution in [2.45, 2.75) is 45.8 Å². The lowest BCUT2D eigenvalue weighted by Crippen LogP contribution is -2.45. The fourth-order valence-corrected chi connectivity index (χ4v) is 1.53. The van der Waals surface area contributed by atoms with E-state index < -0.39 is 17.7 Å². The molecular weight excluding hydrogens is 206 g/mol. The van der Waals surface area contributed by atoms with E-state index in [2.05, 4.69) is 5.32 Å². The van der Waals surface area contributed by atoms with E-state index in [0.29, 0.717) is 6.42 Å². The van der Waals surface area contributed by atoms with Crippen LogP contribution in [0.4, 0.5) is 4.79 Å². The summed E-state index contributed by atoms with van der Waals surface area (Å²) < 4.78 is 5.10. The van der Waals surface area contributed by atoms with Gasteiger partial charge in [-0.3, -0.25) is 4.79 Å². The smallest absolute Gasteiger partial charge is 0.408 e. The number of hydrogen-bond donors (Lipinski definition) is 1. The van der Waals surface area contributed by atoms with Crippen LogP contribution in [0.5, 0.6) is 0 Å². The highest BCUT2D eigenvalue weighted by Crippen LogP contribution is 2.14. The average Bonchev–Trinajstić information content (AvgIpc) is 2.09. The molecule has 0 fully saturated rings. The van der Waals surface area contributed by atoms with Crippen molar-refractivity contribution in [3.05, 3.63) is 12.2 Å². The molecular formula is C12H19NO3. The highest BCUT2D eigenvalue weighted by atomic mass is 16.6. The van der Waals surface area contributed by atoms with Crippen molar-refractivity contribution in [1.29, 1.82) is 0 Å². The van der Waals surface area contributed by atoms with E-state index >= 15 is 0 Å². The molecule has 2 atom stereocenters. The Hall–Kier alpha value is -1.32. The molecule has 1 aliphatic rings. The minimum atomic E-state index is -0.538. The van der Waals surface area contributed by atoms with Gasteiger partial charge in [0.2, 0.25) is 0 Å². The Balaban J connectivity index is 2.52. The Morgan fingerprint density at radius 2 is 2.12 bits per heavy atom. The molecule has 0 heterocycles. The van der Waals surface area contributed by atoms with Gasteiger partial charge in [-0.05, 0) is 27.2 Å². The van der Waals surface area contributed by atoms with Gasteiger partial charge in [0.05, 0.1) is 6.04 Å². The minimum Gasteiger partial charge on any atom is -0.444 e. The van der Waals surface area contributed by atoms with Gasteiger partial charge in [0.1, 0.15) is 5.60 Å². The average molecular weight is 225 g/mol. The highest BCUT2D eigenvalue weighted by molar-refractivity contribution is 5.91. The van der Waals surface area contributed by atoms with Gasteiger partial charge in [0.15, 0.2) is 5.78 Å². The highest BCUT2D eigenvalue weighted by Gasteiger charge is 2.27. The van der Waals surface area contributed by atoms with Gasteiger partial charge in [0.25, 0.3) is 0 Å². The van der Waals surface area contributed by atoms with Gasteiger partial charge >= 0.3 is 6.09 Å². The first-order valence-corrected chi connectivity index (χ1v) is 5.49. The predicted molar refractivity (Wildman–Crippen MR) is 61.1 cm³/mol. The SMILES string of the molecule is CC1C=CCC(NC(=O)OC(C)(C)C)C1=O. The number of allylic oxidation sites excluding steroid dienone is 1. The lowest BCUT2D eigenvalue weighted by molar-refractivity contribution is -0.123. The van der Waals surface area contributed by atoms with Crippen LogP contribution in [-0.4, -0.2) is 23.5 Å². The maximum absolute atomic E-state index is 11.7.